The van der Waals surface area contributed by atoms with Gasteiger partial charge >= 0.3 is 0 Å². The van der Waals surface area contributed by atoms with Gasteiger partial charge in [0.05, 0.1) is 23.2 Å². The maximum Gasteiger partial charge on any atom is 0.201 e. The highest BCUT2D eigenvalue weighted by Gasteiger charge is 2.35. The Balaban J connectivity index is 2.18. The van der Waals surface area contributed by atoms with Crippen molar-refractivity contribution in [3.8, 4) is 22.6 Å². The van der Waals surface area contributed by atoms with Crippen LogP contribution in [0.1, 0.15) is 41.4 Å². The Morgan fingerprint density at radius 2 is 1.10 bits per heavy atom. The second kappa shape index (κ2) is 7.45. The smallest absolute Gasteiger partial charge is 0.201 e. The molecular weight excluding hydrogens is 520 g/mol. The summed E-state index contributed by atoms with van der Waals surface area (Å²) in [4.78, 5) is 51.2. The van der Waals surface area contributed by atoms with Gasteiger partial charge in [-0.15, -0.1) is 0 Å². The zero-order chi connectivity index (χ0) is 21.7. The van der Waals surface area contributed by atoms with Gasteiger partial charge in [0.25, 0.3) is 0 Å². The minimum Gasteiger partial charge on any atom is -0.496 e. The molecule has 2 aromatic carbocycles. The predicted molar refractivity (Wildman–Crippen MR) is 116 cm³/mol. The Morgan fingerprint density at radius 3 is 1.70 bits per heavy atom. The first-order valence-corrected chi connectivity index (χ1v) is 10.2. The first-order valence-electron chi connectivity index (χ1n) is 8.65. The molecule has 0 bridgehead atoms. The van der Waals surface area contributed by atoms with Crippen molar-refractivity contribution < 1.29 is 28.7 Å². The first kappa shape index (κ1) is 20.4. The van der Waals surface area contributed by atoms with E-state index in [-0.39, 0.29) is 65.4 Å². The van der Waals surface area contributed by atoms with Crippen LogP contribution in [-0.4, -0.2) is 37.4 Å². The number of ether oxygens (including phenoxy) is 2. The first-order chi connectivity index (χ1) is 14.3. The number of halogens is 2. The number of rotatable bonds is 3. The van der Waals surface area contributed by atoms with Crippen molar-refractivity contribution in [1.82, 2.24) is 0 Å². The summed E-state index contributed by atoms with van der Waals surface area (Å²) < 4.78 is 11.2. The summed E-state index contributed by atoms with van der Waals surface area (Å²) in [5.41, 5.74) is 0.940. The van der Waals surface area contributed by atoms with E-state index in [0.29, 0.717) is 0 Å². The number of carbonyl (C=O) groups excluding carboxylic acids is 4. The normalized spacial score (nSPS) is 15.3. The number of benzene rings is 2. The van der Waals surface area contributed by atoms with Crippen molar-refractivity contribution in [2.45, 2.75) is 0 Å². The maximum atomic E-state index is 13.1. The summed E-state index contributed by atoms with van der Waals surface area (Å²) in [7, 11) is 2.83. The van der Waals surface area contributed by atoms with Gasteiger partial charge in [-0.25, -0.2) is 0 Å². The third-order valence-corrected chi connectivity index (χ3v) is 6.14. The lowest BCUT2D eigenvalue weighted by Gasteiger charge is -2.24. The number of ketones is 4. The molecule has 0 amide bonds. The highest BCUT2D eigenvalue weighted by Crippen LogP contribution is 2.47. The predicted octanol–water partition coefficient (Wildman–Crippen LogP) is 4.69. The Morgan fingerprint density at radius 1 is 0.600 bits per heavy atom. The van der Waals surface area contributed by atoms with E-state index >= 15 is 0 Å². The minimum atomic E-state index is -0.440. The zero-order valence-electron chi connectivity index (χ0n) is 15.7. The molecule has 0 spiro atoms. The molecule has 2 aliphatic rings. The molecule has 0 fully saturated rings. The van der Waals surface area contributed by atoms with Gasteiger partial charge in [-0.3, -0.25) is 19.2 Å². The molecule has 150 valence electrons. The molecular formula is C22H12Br2O6. The van der Waals surface area contributed by atoms with E-state index in [0.717, 1.165) is 0 Å². The Labute approximate surface area is 187 Å². The highest BCUT2D eigenvalue weighted by molar-refractivity contribution is 9.12. The largest absolute Gasteiger partial charge is 0.496 e. The van der Waals surface area contributed by atoms with Crippen molar-refractivity contribution >= 4 is 55.0 Å². The van der Waals surface area contributed by atoms with Crippen molar-refractivity contribution in [2.75, 3.05) is 14.2 Å². The summed E-state index contributed by atoms with van der Waals surface area (Å²) >= 11 is 6.26. The Hall–Kier alpha value is -2.84. The molecule has 0 atom stereocenters. The molecule has 0 saturated carbocycles. The van der Waals surface area contributed by atoms with E-state index in [1.54, 1.807) is 12.1 Å². The van der Waals surface area contributed by atoms with Crippen LogP contribution in [-0.2, 0) is 0 Å². The number of carbonyl (C=O) groups is 4. The van der Waals surface area contributed by atoms with Crippen LogP contribution in [0.4, 0.5) is 0 Å². The van der Waals surface area contributed by atoms with E-state index in [2.05, 4.69) is 31.9 Å². The topological polar surface area (TPSA) is 86.7 Å². The van der Waals surface area contributed by atoms with Gasteiger partial charge in [0.1, 0.15) is 11.5 Å². The van der Waals surface area contributed by atoms with Crippen LogP contribution in [0.25, 0.3) is 11.1 Å². The molecule has 0 aromatic heterocycles. The lowest BCUT2D eigenvalue weighted by molar-refractivity contribution is 0.0990. The van der Waals surface area contributed by atoms with E-state index in [9.17, 15) is 19.2 Å². The lowest BCUT2D eigenvalue weighted by atomic mass is 9.81. The summed E-state index contributed by atoms with van der Waals surface area (Å²) in [6.45, 7) is 0. The average molecular weight is 532 g/mol. The number of Topliss-reactive ketones (excluding diaryl/α,β-unsaturated/α-hetero) is 2. The second-order valence-electron chi connectivity index (χ2n) is 6.50. The SMILES string of the molecule is COc1ccc2c(c1-c1c(OC)ccc3c1C(=O)C(Br)=CC3=O)C(=O)C=C(Br)C2=O. The van der Waals surface area contributed by atoms with Crippen molar-refractivity contribution in [2.24, 2.45) is 0 Å². The van der Waals surface area contributed by atoms with Gasteiger partial charge in [-0.1, -0.05) is 0 Å². The van der Waals surface area contributed by atoms with Gasteiger partial charge in [-0.2, -0.15) is 0 Å². The Kier molecular flexibility index (Phi) is 5.07. The Bertz CT molecular complexity index is 1250. The van der Waals surface area contributed by atoms with E-state index in [4.69, 9.17) is 9.47 Å². The summed E-state index contributed by atoms with van der Waals surface area (Å²) in [5, 5.41) is 0. The monoisotopic (exact) mass is 530 g/mol. The molecule has 6 nitrogen and oxygen atoms in total. The van der Waals surface area contributed by atoms with Crippen LogP contribution in [0.2, 0.25) is 0 Å². The zero-order valence-corrected chi connectivity index (χ0v) is 18.8. The maximum absolute atomic E-state index is 13.1. The van der Waals surface area contributed by atoms with Crippen LogP contribution in [0.15, 0.2) is 45.4 Å². The molecule has 0 heterocycles. The van der Waals surface area contributed by atoms with Crippen LogP contribution in [0.3, 0.4) is 0 Å². The molecule has 8 heteroatoms. The summed E-state index contributed by atoms with van der Waals surface area (Å²) in [6, 6.07) is 6.09. The number of hydrogen-bond acceptors (Lipinski definition) is 6. The highest BCUT2D eigenvalue weighted by atomic mass is 79.9. The van der Waals surface area contributed by atoms with Gasteiger partial charge < -0.3 is 9.47 Å². The fourth-order valence-corrected chi connectivity index (χ4v) is 4.48. The average Bonchev–Trinajstić information content (AvgIpc) is 2.73. The van der Waals surface area contributed by atoms with Crippen LogP contribution in [0.5, 0.6) is 11.5 Å². The molecule has 0 unspecified atom stereocenters. The van der Waals surface area contributed by atoms with Crippen LogP contribution in [0, 0.1) is 0 Å². The second-order valence-corrected chi connectivity index (χ2v) is 8.21. The number of fused-ring (bicyclic) bond motifs is 2. The van der Waals surface area contributed by atoms with Crippen molar-refractivity contribution in [1.29, 1.82) is 0 Å². The lowest BCUT2D eigenvalue weighted by Crippen LogP contribution is -2.19. The number of hydrogen-bond donors (Lipinski definition) is 0. The number of allylic oxidation sites excluding steroid dienone is 4. The van der Waals surface area contributed by atoms with Gasteiger partial charge in [0, 0.05) is 45.5 Å². The van der Waals surface area contributed by atoms with Gasteiger partial charge in [-0.05, 0) is 56.1 Å². The quantitative estimate of drug-likeness (QED) is 0.571. The molecule has 0 radical (unpaired) electrons. The minimum absolute atomic E-state index is 0.0780. The standard InChI is InChI=1S/C22H12Br2O6/c1-29-15-6-4-10-17(14(26)8-11(23)21(10)27)19(15)20-16(30-2)5-3-9-13(25)7-12(24)22(28)18(9)20/h3-8H,1-2H3. The molecule has 0 N–H and O–H groups in total. The van der Waals surface area contributed by atoms with E-state index in [1.807, 2.05) is 0 Å². The van der Waals surface area contributed by atoms with Crippen LogP contribution < -0.4 is 9.47 Å². The summed E-state index contributed by atoms with van der Waals surface area (Å²) in [6.07, 6.45) is 2.38. The van der Waals surface area contributed by atoms with Gasteiger partial charge in [0.15, 0.2) is 11.6 Å². The third-order valence-electron chi connectivity index (χ3n) is 4.96. The molecule has 0 aliphatic heterocycles. The molecule has 0 saturated heterocycles. The van der Waals surface area contributed by atoms with E-state index in [1.165, 1.54) is 38.5 Å². The number of methoxy groups -OCH3 is 2. The summed E-state index contributed by atoms with van der Waals surface area (Å²) in [5.74, 6) is -1.09. The van der Waals surface area contributed by atoms with Crippen molar-refractivity contribution in [3.63, 3.8) is 0 Å². The molecule has 30 heavy (non-hydrogen) atoms. The fourth-order valence-electron chi connectivity index (χ4n) is 3.65. The molecule has 2 aromatic rings. The van der Waals surface area contributed by atoms with Crippen molar-refractivity contribution in [3.05, 3.63) is 67.6 Å². The van der Waals surface area contributed by atoms with Crippen LogP contribution >= 0.6 is 31.9 Å². The molecule has 2 aliphatic carbocycles. The molecule has 4 rings (SSSR count). The van der Waals surface area contributed by atoms with Gasteiger partial charge in [0.2, 0.25) is 11.6 Å². The van der Waals surface area contributed by atoms with E-state index < -0.39 is 11.6 Å². The third kappa shape index (κ3) is 2.90. The fraction of sp³-hybridized carbons (Fsp3) is 0.0909.